The molecule has 0 bridgehead atoms. The first-order chi connectivity index (χ1) is 9.15. The van der Waals surface area contributed by atoms with Gasteiger partial charge in [0.25, 0.3) is 5.91 Å². The Morgan fingerprint density at radius 3 is 2.42 bits per heavy atom. The molecule has 1 N–H and O–H groups in total. The van der Waals surface area contributed by atoms with Gasteiger partial charge in [-0.3, -0.25) is 9.78 Å². The van der Waals surface area contributed by atoms with Crippen LogP contribution in [-0.2, 0) is 0 Å². The van der Waals surface area contributed by atoms with E-state index in [0.29, 0.717) is 17.5 Å². The minimum Gasteiger partial charge on any atom is -0.478 e. The van der Waals surface area contributed by atoms with Gasteiger partial charge in [0, 0.05) is 19.3 Å². The maximum absolute atomic E-state index is 12.3. The van der Waals surface area contributed by atoms with Crippen LogP contribution >= 0.6 is 0 Å². The molecule has 2 atom stereocenters. The molecule has 19 heavy (non-hydrogen) atoms. The van der Waals surface area contributed by atoms with E-state index in [-0.39, 0.29) is 11.5 Å². The first-order valence-electron chi connectivity index (χ1n) is 6.64. The van der Waals surface area contributed by atoms with Crippen molar-refractivity contribution in [1.82, 2.24) is 9.88 Å². The van der Waals surface area contributed by atoms with Crippen LogP contribution in [-0.4, -0.2) is 40.0 Å². The molecule has 3 rings (SSSR count). The topological polar surface area (TPSA) is 70.5 Å². The molecule has 1 aliphatic carbocycles. The lowest BCUT2D eigenvalue weighted by molar-refractivity contribution is 0.0693. The van der Waals surface area contributed by atoms with Crippen molar-refractivity contribution < 1.29 is 14.7 Å². The highest BCUT2D eigenvalue weighted by Crippen LogP contribution is 2.37. The Hall–Kier alpha value is -1.91. The number of carboxylic acids is 1. The van der Waals surface area contributed by atoms with Gasteiger partial charge in [-0.05, 0) is 36.8 Å². The van der Waals surface area contributed by atoms with Gasteiger partial charge in [0.1, 0.15) is 5.69 Å². The number of nitrogens with zero attached hydrogens (tertiary/aromatic N) is 2. The Bertz CT molecular complexity index is 500. The smallest absolute Gasteiger partial charge is 0.337 e. The van der Waals surface area contributed by atoms with Crippen molar-refractivity contribution in [1.29, 1.82) is 0 Å². The first-order valence-corrected chi connectivity index (χ1v) is 6.64. The highest BCUT2D eigenvalue weighted by molar-refractivity contribution is 5.94. The van der Waals surface area contributed by atoms with Crippen molar-refractivity contribution in [2.24, 2.45) is 11.8 Å². The standard InChI is InChI=1S/C14H16N2O3/c17-13(12-5-4-9(6-15-12)14(18)19)16-7-10-2-1-3-11(10)8-16/h4-6,10-11H,1-3,7-8H2,(H,18,19). The molecule has 0 aromatic carbocycles. The number of amides is 1. The van der Waals surface area contributed by atoms with Gasteiger partial charge in [0.15, 0.2) is 0 Å². The molecular formula is C14H16N2O3. The molecule has 1 aliphatic heterocycles. The van der Waals surface area contributed by atoms with E-state index in [1.54, 1.807) is 0 Å². The number of hydrogen-bond acceptors (Lipinski definition) is 3. The van der Waals surface area contributed by atoms with E-state index < -0.39 is 5.97 Å². The fourth-order valence-electron chi connectivity index (χ4n) is 3.21. The summed E-state index contributed by atoms with van der Waals surface area (Å²) in [7, 11) is 0. The number of pyridine rings is 1. The molecule has 1 saturated carbocycles. The van der Waals surface area contributed by atoms with Crippen molar-refractivity contribution in [3.63, 3.8) is 0 Å². The van der Waals surface area contributed by atoms with Crippen LogP contribution in [0, 0.1) is 11.8 Å². The van der Waals surface area contributed by atoms with E-state index in [0.717, 1.165) is 13.1 Å². The SMILES string of the molecule is O=C(O)c1ccc(C(=O)N2CC3CCCC3C2)nc1. The zero-order valence-electron chi connectivity index (χ0n) is 10.6. The van der Waals surface area contributed by atoms with Gasteiger partial charge >= 0.3 is 5.97 Å². The summed E-state index contributed by atoms with van der Waals surface area (Å²) in [6, 6.07) is 2.93. The third kappa shape index (κ3) is 2.20. The van der Waals surface area contributed by atoms with Crippen LogP contribution in [0.2, 0.25) is 0 Å². The molecule has 2 unspecified atom stereocenters. The summed E-state index contributed by atoms with van der Waals surface area (Å²) in [6.45, 7) is 1.65. The number of carbonyl (C=O) groups is 2. The number of aromatic carboxylic acids is 1. The van der Waals surface area contributed by atoms with E-state index >= 15 is 0 Å². The van der Waals surface area contributed by atoms with Crippen LogP contribution in [0.3, 0.4) is 0 Å². The van der Waals surface area contributed by atoms with Crippen LogP contribution in [0.4, 0.5) is 0 Å². The van der Waals surface area contributed by atoms with E-state index in [1.807, 2.05) is 4.90 Å². The summed E-state index contributed by atoms with van der Waals surface area (Å²) in [5.41, 5.74) is 0.444. The third-order valence-corrected chi connectivity index (χ3v) is 4.24. The summed E-state index contributed by atoms with van der Waals surface area (Å²) < 4.78 is 0. The summed E-state index contributed by atoms with van der Waals surface area (Å²) in [6.07, 6.45) is 4.97. The fraction of sp³-hybridized carbons (Fsp3) is 0.500. The molecule has 5 nitrogen and oxygen atoms in total. The van der Waals surface area contributed by atoms with Crippen molar-refractivity contribution in [2.45, 2.75) is 19.3 Å². The molecule has 2 heterocycles. The minimum absolute atomic E-state index is 0.0775. The molecule has 1 saturated heterocycles. The fourth-order valence-corrected chi connectivity index (χ4v) is 3.21. The Labute approximate surface area is 111 Å². The summed E-state index contributed by atoms with van der Waals surface area (Å²) in [5.74, 6) is 0.207. The van der Waals surface area contributed by atoms with Crippen LogP contribution in [0.5, 0.6) is 0 Å². The van der Waals surface area contributed by atoms with Gasteiger partial charge in [-0.15, -0.1) is 0 Å². The van der Waals surface area contributed by atoms with Crippen LogP contribution in [0.25, 0.3) is 0 Å². The maximum Gasteiger partial charge on any atom is 0.337 e. The quantitative estimate of drug-likeness (QED) is 0.877. The lowest BCUT2D eigenvalue weighted by Crippen LogP contribution is -2.30. The molecule has 2 aliphatic rings. The van der Waals surface area contributed by atoms with E-state index in [9.17, 15) is 9.59 Å². The monoisotopic (exact) mass is 260 g/mol. The lowest BCUT2D eigenvalue weighted by atomic mass is 10.0. The lowest BCUT2D eigenvalue weighted by Gasteiger charge is -2.16. The number of rotatable bonds is 2. The average Bonchev–Trinajstić information content (AvgIpc) is 2.98. The second kappa shape index (κ2) is 4.64. The van der Waals surface area contributed by atoms with Gasteiger partial charge in [-0.2, -0.15) is 0 Å². The Morgan fingerprint density at radius 1 is 1.21 bits per heavy atom. The van der Waals surface area contributed by atoms with Gasteiger partial charge in [-0.25, -0.2) is 4.79 Å². The zero-order valence-corrected chi connectivity index (χ0v) is 10.6. The summed E-state index contributed by atoms with van der Waals surface area (Å²) in [5, 5.41) is 8.80. The Kier molecular flexibility index (Phi) is 2.97. The molecule has 1 aromatic heterocycles. The highest BCUT2D eigenvalue weighted by Gasteiger charge is 2.38. The van der Waals surface area contributed by atoms with E-state index in [2.05, 4.69) is 4.98 Å². The molecule has 1 amide bonds. The summed E-state index contributed by atoms with van der Waals surface area (Å²) >= 11 is 0. The molecule has 2 fully saturated rings. The van der Waals surface area contributed by atoms with Crippen molar-refractivity contribution in [3.05, 3.63) is 29.6 Å². The second-order valence-electron chi connectivity index (χ2n) is 5.40. The second-order valence-corrected chi connectivity index (χ2v) is 5.40. The van der Waals surface area contributed by atoms with Crippen LogP contribution in [0.15, 0.2) is 18.3 Å². The third-order valence-electron chi connectivity index (χ3n) is 4.24. The first kappa shape index (κ1) is 12.1. The van der Waals surface area contributed by atoms with Gasteiger partial charge in [0.2, 0.25) is 0 Å². The van der Waals surface area contributed by atoms with Crippen molar-refractivity contribution >= 4 is 11.9 Å². The zero-order chi connectivity index (χ0) is 13.4. The number of hydrogen-bond donors (Lipinski definition) is 1. The molecule has 0 spiro atoms. The normalized spacial score (nSPS) is 25.4. The molecule has 0 radical (unpaired) electrons. The highest BCUT2D eigenvalue weighted by atomic mass is 16.4. The number of fused-ring (bicyclic) bond motifs is 1. The molecule has 100 valence electrons. The van der Waals surface area contributed by atoms with Gasteiger partial charge in [0.05, 0.1) is 5.56 Å². The molecular weight excluding hydrogens is 244 g/mol. The summed E-state index contributed by atoms with van der Waals surface area (Å²) in [4.78, 5) is 28.8. The van der Waals surface area contributed by atoms with Crippen molar-refractivity contribution in [2.75, 3.05) is 13.1 Å². The number of aromatic nitrogens is 1. The molecule has 5 heteroatoms. The van der Waals surface area contributed by atoms with E-state index in [4.69, 9.17) is 5.11 Å². The minimum atomic E-state index is -1.03. The maximum atomic E-state index is 12.3. The Balaban J connectivity index is 1.72. The average molecular weight is 260 g/mol. The number of carboxylic acid groups (broad SMARTS) is 1. The predicted molar refractivity (Wildman–Crippen MR) is 67.9 cm³/mol. The van der Waals surface area contributed by atoms with Gasteiger partial charge in [-0.1, -0.05) is 6.42 Å². The van der Waals surface area contributed by atoms with Gasteiger partial charge < -0.3 is 10.0 Å². The largest absolute Gasteiger partial charge is 0.478 e. The Morgan fingerprint density at radius 2 is 1.89 bits per heavy atom. The van der Waals surface area contributed by atoms with E-state index in [1.165, 1.54) is 37.6 Å². The number of likely N-dealkylation sites (tertiary alicyclic amines) is 1. The van der Waals surface area contributed by atoms with Crippen LogP contribution in [0.1, 0.15) is 40.1 Å². The predicted octanol–water partition coefficient (Wildman–Crippen LogP) is 1.65. The molecule has 1 aromatic rings. The van der Waals surface area contributed by atoms with Crippen LogP contribution < -0.4 is 0 Å². The number of carbonyl (C=O) groups excluding carboxylic acids is 1. The van der Waals surface area contributed by atoms with Crippen molar-refractivity contribution in [3.8, 4) is 0 Å².